The lowest BCUT2D eigenvalue weighted by Gasteiger charge is -2.38. The van der Waals surface area contributed by atoms with Crippen molar-refractivity contribution in [3.05, 3.63) is 52.1 Å². The molecule has 3 N–H and O–H groups in total. The third kappa shape index (κ3) is 6.34. The second-order valence-corrected chi connectivity index (χ2v) is 11.7. The van der Waals surface area contributed by atoms with Crippen LogP contribution in [-0.4, -0.2) is 42.9 Å². The third-order valence-corrected chi connectivity index (χ3v) is 7.39. The number of amides is 1. The molecule has 1 fully saturated rings. The molecule has 41 heavy (non-hydrogen) atoms. The number of rotatable bonds is 7. The van der Waals surface area contributed by atoms with E-state index in [1.54, 1.807) is 25.7 Å². The Balaban J connectivity index is 2.09. The molecule has 0 bridgehead atoms. The van der Waals surface area contributed by atoms with E-state index in [1.165, 1.54) is 6.07 Å². The van der Waals surface area contributed by atoms with Crippen molar-refractivity contribution in [2.75, 3.05) is 18.0 Å². The van der Waals surface area contributed by atoms with Gasteiger partial charge in [0.1, 0.15) is 23.5 Å². The minimum Gasteiger partial charge on any atom is -0.456 e. The molecule has 2 aliphatic rings. The van der Waals surface area contributed by atoms with E-state index in [1.807, 2.05) is 12.2 Å². The van der Waals surface area contributed by atoms with Gasteiger partial charge >= 0.3 is 12.1 Å². The van der Waals surface area contributed by atoms with Crippen LogP contribution in [0.3, 0.4) is 0 Å². The summed E-state index contributed by atoms with van der Waals surface area (Å²) in [5.41, 5.74) is 5.77. The number of unbranched alkanes of at least 4 members (excludes halogenated alkanes) is 1. The molecule has 0 aromatic heterocycles. The Labute approximate surface area is 236 Å². The molecule has 6 nitrogen and oxygen atoms in total. The maximum Gasteiger partial charge on any atom is 0.405 e. The number of piperidine rings is 1. The molecule has 224 valence electrons. The van der Waals surface area contributed by atoms with Gasteiger partial charge in [-0.05, 0) is 87.3 Å². The highest BCUT2D eigenvalue weighted by atomic mass is 19.4. The monoisotopic (exact) mass is 581 g/mol. The van der Waals surface area contributed by atoms with Crippen molar-refractivity contribution in [2.45, 2.75) is 90.1 Å². The lowest BCUT2D eigenvalue weighted by Crippen LogP contribution is -2.47. The number of hydrogen-bond acceptors (Lipinski definition) is 5. The maximum absolute atomic E-state index is 16.9. The fourth-order valence-electron chi connectivity index (χ4n) is 5.75. The Morgan fingerprint density at radius 3 is 2.46 bits per heavy atom. The van der Waals surface area contributed by atoms with Gasteiger partial charge in [-0.2, -0.15) is 13.2 Å². The summed E-state index contributed by atoms with van der Waals surface area (Å²) < 4.78 is 76.5. The van der Waals surface area contributed by atoms with Crippen LogP contribution in [0.15, 0.2) is 18.2 Å². The second-order valence-electron chi connectivity index (χ2n) is 11.7. The van der Waals surface area contributed by atoms with Crippen LogP contribution in [-0.2, 0) is 16.0 Å². The number of anilines is 1. The van der Waals surface area contributed by atoms with Crippen LogP contribution in [0.1, 0.15) is 92.8 Å². The van der Waals surface area contributed by atoms with Gasteiger partial charge in [-0.3, -0.25) is 4.79 Å². The summed E-state index contributed by atoms with van der Waals surface area (Å²) in [6.45, 7) is 5.57. The highest BCUT2D eigenvalue weighted by Crippen LogP contribution is 2.53. The number of nitrogens with one attached hydrogen (secondary N) is 1. The molecule has 1 amide bonds. The largest absolute Gasteiger partial charge is 0.456 e. The first kappa shape index (κ1) is 30.7. The van der Waals surface area contributed by atoms with Crippen LogP contribution in [0.5, 0.6) is 0 Å². The van der Waals surface area contributed by atoms with Gasteiger partial charge in [0.25, 0.3) is 0 Å². The summed E-state index contributed by atoms with van der Waals surface area (Å²) >= 11 is 0. The molecule has 0 spiro atoms. The molecule has 2 aromatic carbocycles. The Morgan fingerprint density at radius 1 is 1.15 bits per heavy atom. The van der Waals surface area contributed by atoms with Gasteiger partial charge < -0.3 is 20.7 Å². The number of nitrogens with zero attached hydrogens (tertiary/aromatic N) is 1. The highest BCUT2D eigenvalue weighted by molar-refractivity contribution is 6.07. The zero-order valence-corrected chi connectivity index (χ0v) is 23.7. The van der Waals surface area contributed by atoms with E-state index in [0.717, 1.165) is 18.6 Å². The Hall–Kier alpha value is -3.21. The number of halogens is 5. The molecule has 1 heterocycles. The van der Waals surface area contributed by atoms with Gasteiger partial charge in [-0.15, -0.1) is 0 Å². The molecule has 11 heteroatoms. The van der Waals surface area contributed by atoms with Gasteiger partial charge in [0.15, 0.2) is 5.82 Å². The zero-order valence-electron chi connectivity index (χ0n) is 23.7. The molecule has 1 aliphatic heterocycles. The molecule has 2 unspecified atom stereocenters. The minimum absolute atomic E-state index is 0.0288. The maximum atomic E-state index is 16.9. The third-order valence-electron chi connectivity index (χ3n) is 7.39. The van der Waals surface area contributed by atoms with Crippen molar-refractivity contribution in [1.29, 1.82) is 0 Å². The van der Waals surface area contributed by atoms with E-state index in [9.17, 15) is 27.2 Å². The first-order chi connectivity index (χ1) is 19.1. The second kappa shape index (κ2) is 11.6. The van der Waals surface area contributed by atoms with Crippen molar-refractivity contribution < 1.29 is 36.3 Å². The Morgan fingerprint density at radius 2 is 1.85 bits per heavy atom. The lowest BCUT2D eigenvalue weighted by atomic mass is 9.85. The fourth-order valence-corrected chi connectivity index (χ4v) is 5.75. The van der Waals surface area contributed by atoms with Crippen LogP contribution < -0.4 is 16.0 Å². The fraction of sp³-hybridized carbons (Fsp3) is 0.533. The summed E-state index contributed by atoms with van der Waals surface area (Å²) in [6.07, 6.45) is -1.64. The van der Waals surface area contributed by atoms with Crippen molar-refractivity contribution in [1.82, 2.24) is 5.32 Å². The quantitative estimate of drug-likeness (QED) is 0.295. The van der Waals surface area contributed by atoms with E-state index in [-0.39, 0.29) is 34.4 Å². The lowest BCUT2D eigenvalue weighted by molar-refractivity contribution is -0.138. The molecule has 1 aliphatic carbocycles. The predicted octanol–water partition coefficient (Wildman–Crippen LogP) is 6.33. The molecule has 2 atom stereocenters. The van der Waals surface area contributed by atoms with Crippen LogP contribution in [0, 0.1) is 11.6 Å². The summed E-state index contributed by atoms with van der Waals surface area (Å²) in [5.74, 6) is -4.95. The number of benzene rings is 2. The summed E-state index contributed by atoms with van der Waals surface area (Å²) in [6, 6.07) is 3.47. The van der Waals surface area contributed by atoms with E-state index < -0.39 is 59.5 Å². The van der Waals surface area contributed by atoms with Gasteiger partial charge in [0.05, 0.1) is 17.8 Å². The van der Waals surface area contributed by atoms with E-state index in [0.29, 0.717) is 37.8 Å². The molecule has 2 aromatic rings. The molecular formula is C30H36F5N3O3. The van der Waals surface area contributed by atoms with Crippen LogP contribution >= 0.6 is 0 Å². The highest BCUT2D eigenvalue weighted by Gasteiger charge is 2.44. The standard InChI is InChI=1S/C30H36F5N3O3/c1-5-6-9-18-21-22(19-14-16(31)11-12-17(19)23(21)27(39)37-15-30(33,34)35)24(28(40)41-29(2,3)4)25(32)26(18)38-13-8-7-10-20(38)36/h11-12,14,20,23H,5-10,13,15,36H2,1-4H3,(H,37,39). The van der Waals surface area contributed by atoms with Gasteiger partial charge in [0.2, 0.25) is 5.91 Å². The number of hydrogen-bond donors (Lipinski definition) is 2. The molecule has 0 radical (unpaired) electrons. The molecule has 1 saturated heterocycles. The normalized spacial score (nSPS) is 18.6. The summed E-state index contributed by atoms with van der Waals surface area (Å²) in [4.78, 5) is 28.9. The van der Waals surface area contributed by atoms with E-state index >= 15 is 4.39 Å². The van der Waals surface area contributed by atoms with Crippen molar-refractivity contribution in [3.63, 3.8) is 0 Å². The number of carbonyl (C=O) groups excluding carboxylic acids is 2. The number of ether oxygens (including phenoxy) is 1. The van der Waals surface area contributed by atoms with Crippen molar-refractivity contribution >= 4 is 17.6 Å². The van der Waals surface area contributed by atoms with Gasteiger partial charge in [0, 0.05) is 12.1 Å². The predicted molar refractivity (Wildman–Crippen MR) is 146 cm³/mol. The number of nitrogens with two attached hydrogens (primary N) is 1. The Bertz CT molecular complexity index is 1340. The summed E-state index contributed by atoms with van der Waals surface area (Å²) in [7, 11) is 0. The first-order valence-electron chi connectivity index (χ1n) is 13.9. The number of esters is 1. The smallest absolute Gasteiger partial charge is 0.405 e. The first-order valence-corrected chi connectivity index (χ1v) is 13.9. The number of fused-ring (bicyclic) bond motifs is 3. The minimum atomic E-state index is -4.68. The average molecular weight is 582 g/mol. The Kier molecular flexibility index (Phi) is 8.68. The molecule has 4 rings (SSSR count). The average Bonchev–Trinajstić information content (AvgIpc) is 3.18. The zero-order chi connectivity index (χ0) is 30.3. The molecule has 0 saturated carbocycles. The van der Waals surface area contributed by atoms with E-state index in [4.69, 9.17) is 10.5 Å². The van der Waals surface area contributed by atoms with Crippen LogP contribution in [0.4, 0.5) is 27.6 Å². The van der Waals surface area contributed by atoms with E-state index in [2.05, 4.69) is 0 Å². The molecular weight excluding hydrogens is 545 g/mol. The summed E-state index contributed by atoms with van der Waals surface area (Å²) in [5, 5.41) is 1.95. The number of alkyl halides is 3. The number of carbonyl (C=O) groups is 2. The topological polar surface area (TPSA) is 84.7 Å². The SMILES string of the molecule is CCCCc1c2c(c(C(=O)OC(C)(C)C)c(F)c1N1CCCCC1N)-c1cc(F)ccc1C2C(=O)NCC(F)(F)F. The van der Waals surface area contributed by atoms with Gasteiger partial charge in [-0.1, -0.05) is 19.4 Å². The van der Waals surface area contributed by atoms with Crippen LogP contribution in [0.25, 0.3) is 11.1 Å². The van der Waals surface area contributed by atoms with Crippen LogP contribution in [0.2, 0.25) is 0 Å². The van der Waals surface area contributed by atoms with Gasteiger partial charge in [-0.25, -0.2) is 13.6 Å². The van der Waals surface area contributed by atoms with Crippen molar-refractivity contribution in [2.24, 2.45) is 5.73 Å². The van der Waals surface area contributed by atoms with Crippen molar-refractivity contribution in [3.8, 4) is 11.1 Å².